The Bertz CT molecular complexity index is 1710. The maximum absolute atomic E-state index is 13.5. The zero-order valence-electron chi connectivity index (χ0n) is 22.9. The lowest BCUT2D eigenvalue weighted by atomic mass is 10.2. The Kier molecular flexibility index (Phi) is 9.08. The second kappa shape index (κ2) is 13.4. The molecule has 4 aromatic rings. The highest BCUT2D eigenvalue weighted by Crippen LogP contribution is 2.35. The largest absolute Gasteiger partial charge is 0.483 e. The highest BCUT2D eigenvalue weighted by Gasteiger charge is 2.34. The van der Waals surface area contributed by atoms with Crippen molar-refractivity contribution in [2.24, 2.45) is 10.2 Å². The van der Waals surface area contributed by atoms with E-state index in [9.17, 15) is 19.7 Å². The maximum atomic E-state index is 13.5. The molecule has 2 heterocycles. The van der Waals surface area contributed by atoms with E-state index in [-0.39, 0.29) is 30.7 Å². The molecule has 0 unspecified atom stereocenters. The Labute approximate surface area is 250 Å². The Morgan fingerprint density at radius 1 is 1.07 bits per heavy atom. The van der Waals surface area contributed by atoms with Gasteiger partial charge in [0.15, 0.2) is 11.8 Å². The highest BCUT2D eigenvalue weighted by atomic mass is 32.2. The predicted octanol–water partition coefficient (Wildman–Crippen LogP) is 6.02. The molecular weight excluding hydrogens is 570 g/mol. The molecule has 0 radical (unpaired) electrons. The second-order valence-electron chi connectivity index (χ2n) is 9.30. The van der Waals surface area contributed by atoms with Gasteiger partial charge < -0.3 is 14.5 Å². The van der Waals surface area contributed by atoms with Gasteiger partial charge >= 0.3 is 0 Å². The van der Waals surface area contributed by atoms with Crippen molar-refractivity contribution in [1.82, 2.24) is 4.90 Å². The summed E-state index contributed by atoms with van der Waals surface area (Å²) in [5.41, 5.74) is 2.94. The van der Waals surface area contributed by atoms with Crippen molar-refractivity contribution in [2.75, 3.05) is 11.9 Å². The van der Waals surface area contributed by atoms with Crippen LogP contribution < -0.4 is 10.1 Å². The smallest absolute Gasteiger partial charge is 0.269 e. The number of rotatable bonds is 10. The number of hydrogen-bond acceptors (Lipinski definition) is 9. The molecule has 1 aliphatic heterocycles. The van der Waals surface area contributed by atoms with Crippen LogP contribution in [-0.2, 0) is 16.1 Å². The molecule has 1 aliphatic rings. The Hall–Kier alpha value is -5.49. The van der Waals surface area contributed by atoms with Crippen molar-refractivity contribution in [3.05, 3.63) is 129 Å². The number of nitro groups is 1. The molecule has 2 amide bonds. The number of aryl methyl sites for hydroxylation is 1. The van der Waals surface area contributed by atoms with Crippen LogP contribution in [0.1, 0.15) is 22.5 Å². The molecular formula is C31H25N5O6S. The lowest BCUT2D eigenvalue weighted by molar-refractivity contribution is -0.384. The summed E-state index contributed by atoms with van der Waals surface area (Å²) in [7, 11) is 0. The molecule has 5 rings (SSSR count). The lowest BCUT2D eigenvalue weighted by Crippen LogP contribution is -2.28. The first-order valence-corrected chi connectivity index (χ1v) is 13.8. The Morgan fingerprint density at radius 3 is 2.56 bits per heavy atom. The van der Waals surface area contributed by atoms with Crippen LogP contribution in [0.3, 0.4) is 0 Å². The summed E-state index contributed by atoms with van der Waals surface area (Å²) in [5, 5.41) is 22.4. The molecule has 1 saturated heterocycles. The van der Waals surface area contributed by atoms with Crippen LogP contribution >= 0.6 is 11.8 Å². The van der Waals surface area contributed by atoms with Crippen molar-refractivity contribution in [2.45, 2.75) is 13.5 Å². The van der Waals surface area contributed by atoms with Gasteiger partial charge in [-0.1, -0.05) is 35.9 Å². The molecule has 0 saturated carbocycles. The molecule has 1 N–H and O–H groups in total. The fraction of sp³-hybridized carbons (Fsp3) is 0.0968. The zero-order valence-corrected chi connectivity index (χ0v) is 23.7. The number of nitrogens with zero attached hydrogens (tertiary/aromatic N) is 4. The van der Waals surface area contributed by atoms with Gasteiger partial charge in [0.05, 0.1) is 28.9 Å². The minimum atomic E-state index is -0.480. The number of nitrogens with one attached hydrogen (secondary N) is 1. The summed E-state index contributed by atoms with van der Waals surface area (Å²) < 4.78 is 11.3. The van der Waals surface area contributed by atoms with E-state index in [0.29, 0.717) is 38.4 Å². The zero-order chi connectivity index (χ0) is 30.2. The topological polar surface area (TPSA) is 140 Å². The molecule has 0 bridgehead atoms. The first kappa shape index (κ1) is 29.0. The van der Waals surface area contributed by atoms with Crippen LogP contribution in [-0.4, -0.2) is 39.6 Å². The fourth-order valence-corrected chi connectivity index (χ4v) is 4.88. The van der Waals surface area contributed by atoms with Gasteiger partial charge in [0.1, 0.15) is 11.5 Å². The van der Waals surface area contributed by atoms with Crippen LogP contribution in [0.4, 0.5) is 11.4 Å². The summed E-state index contributed by atoms with van der Waals surface area (Å²) in [6, 6.07) is 23.9. The number of thioether (sulfide) groups is 1. The molecule has 216 valence electrons. The van der Waals surface area contributed by atoms with E-state index in [1.807, 2.05) is 31.2 Å². The van der Waals surface area contributed by atoms with Gasteiger partial charge in [0.2, 0.25) is 0 Å². The summed E-state index contributed by atoms with van der Waals surface area (Å²) in [5.74, 6) is 0.368. The fourth-order valence-electron chi connectivity index (χ4n) is 3.96. The molecule has 12 heteroatoms. The highest BCUT2D eigenvalue weighted by molar-refractivity contribution is 8.18. The number of carbonyl (C=O) groups is 2. The van der Waals surface area contributed by atoms with Crippen molar-refractivity contribution in [3.63, 3.8) is 0 Å². The average Bonchev–Trinajstić information content (AvgIpc) is 3.62. The molecule has 43 heavy (non-hydrogen) atoms. The number of benzene rings is 3. The number of anilines is 1. The van der Waals surface area contributed by atoms with Gasteiger partial charge in [-0.15, -0.1) is 5.10 Å². The number of amides is 2. The van der Waals surface area contributed by atoms with Crippen molar-refractivity contribution >= 4 is 52.4 Å². The molecule has 0 atom stereocenters. The SMILES string of the molecule is Cc1ccc(NC(=O)COc2ccccc2/C=C2\S/C(=N\N=C\c3ccc([N+](=O)[O-])cc3)N(Cc3ccco3)C2=O)cc1. The normalized spacial score (nSPS) is 15.0. The molecule has 0 spiro atoms. The number of hydrogen-bond donors (Lipinski definition) is 1. The van der Waals surface area contributed by atoms with E-state index in [1.165, 1.54) is 29.5 Å². The second-order valence-corrected chi connectivity index (χ2v) is 10.3. The van der Waals surface area contributed by atoms with Crippen LogP contribution in [0.5, 0.6) is 5.75 Å². The van der Waals surface area contributed by atoms with Gasteiger partial charge in [0.25, 0.3) is 17.5 Å². The Morgan fingerprint density at radius 2 is 1.84 bits per heavy atom. The van der Waals surface area contributed by atoms with Gasteiger partial charge in [-0.25, -0.2) is 0 Å². The number of furan rings is 1. The van der Waals surface area contributed by atoms with Crippen LogP contribution in [0, 0.1) is 17.0 Å². The summed E-state index contributed by atoms with van der Waals surface area (Å²) >= 11 is 1.13. The quantitative estimate of drug-likeness (QED) is 0.102. The van der Waals surface area contributed by atoms with Crippen molar-refractivity contribution < 1.29 is 23.7 Å². The number of non-ortho nitro benzene ring substituents is 1. The molecule has 1 aromatic heterocycles. The van der Waals surface area contributed by atoms with E-state index < -0.39 is 4.92 Å². The molecule has 0 aliphatic carbocycles. The van der Waals surface area contributed by atoms with E-state index in [2.05, 4.69) is 15.5 Å². The minimum Gasteiger partial charge on any atom is -0.483 e. The summed E-state index contributed by atoms with van der Waals surface area (Å²) in [6.45, 7) is 1.89. The first-order chi connectivity index (χ1) is 20.9. The van der Waals surface area contributed by atoms with E-state index in [4.69, 9.17) is 9.15 Å². The molecule has 11 nitrogen and oxygen atoms in total. The maximum Gasteiger partial charge on any atom is 0.269 e. The van der Waals surface area contributed by atoms with Gasteiger partial charge in [-0.2, -0.15) is 5.10 Å². The molecule has 1 fully saturated rings. The van der Waals surface area contributed by atoms with Crippen molar-refractivity contribution in [1.29, 1.82) is 0 Å². The lowest BCUT2D eigenvalue weighted by Gasteiger charge is -2.12. The Balaban J connectivity index is 1.33. The van der Waals surface area contributed by atoms with E-state index in [0.717, 1.165) is 17.3 Å². The van der Waals surface area contributed by atoms with Gasteiger partial charge in [-0.05, 0) is 72.8 Å². The minimum absolute atomic E-state index is 0.0315. The standard InChI is InChI=1S/C31H25N5O6S/c1-21-8-12-24(13-9-21)33-29(37)20-42-27-7-3-2-5-23(27)17-28-30(38)35(19-26-6-4-16-41-26)31(43-28)34-32-18-22-10-14-25(15-11-22)36(39)40/h2-18H,19-20H2,1H3,(H,33,37)/b28-17-,32-18+,34-31-. The van der Waals surface area contributed by atoms with Gasteiger partial charge in [-0.3, -0.25) is 24.6 Å². The number of nitro benzene ring substituents is 1. The third-order valence-electron chi connectivity index (χ3n) is 6.14. The van der Waals surface area contributed by atoms with E-state index >= 15 is 0 Å². The number of carbonyl (C=O) groups excluding carboxylic acids is 2. The molecule has 3 aromatic carbocycles. The predicted molar refractivity (Wildman–Crippen MR) is 165 cm³/mol. The summed E-state index contributed by atoms with van der Waals surface area (Å²) in [6.07, 6.45) is 4.64. The van der Waals surface area contributed by atoms with E-state index in [1.54, 1.807) is 54.6 Å². The average molecular weight is 596 g/mol. The number of amidine groups is 1. The monoisotopic (exact) mass is 595 g/mol. The number of para-hydroxylation sites is 1. The van der Waals surface area contributed by atoms with Crippen LogP contribution in [0.15, 0.2) is 111 Å². The van der Waals surface area contributed by atoms with Crippen LogP contribution in [0.2, 0.25) is 0 Å². The summed E-state index contributed by atoms with van der Waals surface area (Å²) in [4.78, 5) is 38.2. The van der Waals surface area contributed by atoms with Crippen LogP contribution in [0.25, 0.3) is 6.08 Å². The third kappa shape index (κ3) is 7.63. The van der Waals surface area contributed by atoms with Gasteiger partial charge in [0, 0.05) is 23.4 Å². The number of ether oxygens (including phenoxy) is 1. The first-order valence-electron chi connectivity index (χ1n) is 13.0. The van der Waals surface area contributed by atoms with Crippen molar-refractivity contribution in [3.8, 4) is 5.75 Å². The third-order valence-corrected chi connectivity index (χ3v) is 7.13.